The van der Waals surface area contributed by atoms with E-state index in [1.54, 1.807) is 4.90 Å². The van der Waals surface area contributed by atoms with Crippen LogP contribution in [-0.2, 0) is 22.6 Å². The fraction of sp³-hybridized carbons (Fsp3) is 0.375. The molecule has 3 aromatic carbocycles. The van der Waals surface area contributed by atoms with Crippen molar-refractivity contribution < 1.29 is 14.3 Å². The molecule has 38 heavy (non-hydrogen) atoms. The number of hydrogen-bond donors (Lipinski definition) is 1. The average Bonchev–Trinajstić information content (AvgIpc) is 2.93. The first-order valence-electron chi connectivity index (χ1n) is 13.5. The van der Waals surface area contributed by atoms with Crippen LogP contribution in [0, 0.1) is 13.8 Å². The maximum absolute atomic E-state index is 13.8. The molecule has 0 saturated heterocycles. The molecule has 0 radical (unpaired) electrons. The smallest absolute Gasteiger partial charge is 0.261 e. The van der Waals surface area contributed by atoms with Crippen LogP contribution in [0.25, 0.3) is 0 Å². The zero-order chi connectivity index (χ0) is 26.9. The van der Waals surface area contributed by atoms with Crippen LogP contribution in [-0.4, -0.2) is 35.4 Å². The number of halogens is 1. The number of benzene rings is 3. The molecule has 4 rings (SSSR count). The van der Waals surface area contributed by atoms with Gasteiger partial charge >= 0.3 is 0 Å². The maximum atomic E-state index is 13.8. The Morgan fingerprint density at radius 2 is 1.66 bits per heavy atom. The molecule has 0 aliphatic heterocycles. The van der Waals surface area contributed by atoms with E-state index in [0.29, 0.717) is 18.7 Å². The molecule has 0 bridgehead atoms. The summed E-state index contributed by atoms with van der Waals surface area (Å²) in [4.78, 5) is 29.4. The van der Waals surface area contributed by atoms with Gasteiger partial charge in [0.15, 0.2) is 6.61 Å². The summed E-state index contributed by atoms with van der Waals surface area (Å²) in [6.07, 6.45) is 5.88. The van der Waals surface area contributed by atoms with Crippen LogP contribution in [0.1, 0.15) is 54.4 Å². The van der Waals surface area contributed by atoms with Crippen molar-refractivity contribution in [3.63, 3.8) is 0 Å². The van der Waals surface area contributed by atoms with Crippen LogP contribution in [0.4, 0.5) is 0 Å². The van der Waals surface area contributed by atoms with Crippen LogP contribution in [0.3, 0.4) is 0 Å². The van der Waals surface area contributed by atoms with Gasteiger partial charge in [0.2, 0.25) is 5.91 Å². The van der Waals surface area contributed by atoms with Gasteiger partial charge in [-0.2, -0.15) is 0 Å². The minimum absolute atomic E-state index is 0.0952. The summed E-state index contributed by atoms with van der Waals surface area (Å²) in [7, 11) is 0. The van der Waals surface area contributed by atoms with E-state index in [0.717, 1.165) is 52.4 Å². The average molecular weight is 578 g/mol. The van der Waals surface area contributed by atoms with Gasteiger partial charge in [-0.1, -0.05) is 89.8 Å². The molecule has 0 spiro atoms. The van der Waals surface area contributed by atoms with Gasteiger partial charge in [0, 0.05) is 23.5 Å². The number of carbonyl (C=O) groups excluding carboxylic acids is 2. The van der Waals surface area contributed by atoms with E-state index >= 15 is 0 Å². The van der Waals surface area contributed by atoms with Crippen molar-refractivity contribution >= 4 is 27.7 Å². The number of hydrogen-bond acceptors (Lipinski definition) is 3. The van der Waals surface area contributed by atoms with Crippen LogP contribution in [0.5, 0.6) is 5.75 Å². The van der Waals surface area contributed by atoms with Crippen molar-refractivity contribution in [3.05, 3.63) is 99.5 Å². The first kappa shape index (κ1) is 27.9. The van der Waals surface area contributed by atoms with Gasteiger partial charge in [0.05, 0.1) is 0 Å². The summed E-state index contributed by atoms with van der Waals surface area (Å²) >= 11 is 3.51. The largest absolute Gasteiger partial charge is 0.484 e. The third-order valence-electron chi connectivity index (χ3n) is 7.32. The van der Waals surface area contributed by atoms with Crippen molar-refractivity contribution in [3.8, 4) is 5.75 Å². The molecule has 1 aliphatic carbocycles. The number of carbonyl (C=O) groups is 2. The molecule has 200 valence electrons. The van der Waals surface area contributed by atoms with Gasteiger partial charge in [-0.05, 0) is 67.1 Å². The molecule has 2 amide bonds. The number of aryl methyl sites for hydroxylation is 2. The quantitative estimate of drug-likeness (QED) is 0.298. The second-order valence-corrected chi connectivity index (χ2v) is 11.1. The van der Waals surface area contributed by atoms with E-state index < -0.39 is 6.04 Å². The second-order valence-electron chi connectivity index (χ2n) is 10.2. The molecule has 0 unspecified atom stereocenters. The van der Waals surface area contributed by atoms with E-state index in [4.69, 9.17) is 4.74 Å². The van der Waals surface area contributed by atoms with Crippen molar-refractivity contribution in [2.45, 2.75) is 71.0 Å². The molecular weight excluding hydrogens is 540 g/mol. The van der Waals surface area contributed by atoms with Gasteiger partial charge in [0.25, 0.3) is 5.91 Å². The summed E-state index contributed by atoms with van der Waals surface area (Å²) in [5.41, 5.74) is 4.15. The lowest BCUT2D eigenvalue weighted by Gasteiger charge is -2.33. The lowest BCUT2D eigenvalue weighted by atomic mass is 9.94. The van der Waals surface area contributed by atoms with Crippen LogP contribution in [0.2, 0.25) is 0 Å². The molecule has 3 aromatic rings. The second kappa shape index (κ2) is 13.6. The molecule has 1 fully saturated rings. The Kier molecular flexibility index (Phi) is 9.99. The number of rotatable bonds is 10. The van der Waals surface area contributed by atoms with Crippen molar-refractivity contribution in [1.29, 1.82) is 0 Å². The first-order valence-corrected chi connectivity index (χ1v) is 14.3. The number of amides is 2. The third kappa shape index (κ3) is 7.70. The third-order valence-corrected chi connectivity index (χ3v) is 8.21. The minimum Gasteiger partial charge on any atom is -0.484 e. The Labute approximate surface area is 234 Å². The van der Waals surface area contributed by atoms with Crippen molar-refractivity contribution in [2.24, 2.45) is 0 Å². The highest BCUT2D eigenvalue weighted by atomic mass is 79.9. The Morgan fingerprint density at radius 1 is 0.947 bits per heavy atom. The van der Waals surface area contributed by atoms with E-state index in [-0.39, 0.29) is 24.5 Å². The van der Waals surface area contributed by atoms with Gasteiger partial charge in [-0.3, -0.25) is 9.59 Å². The van der Waals surface area contributed by atoms with Crippen LogP contribution < -0.4 is 10.1 Å². The zero-order valence-electron chi connectivity index (χ0n) is 22.3. The minimum atomic E-state index is -0.651. The predicted molar refractivity (Wildman–Crippen MR) is 155 cm³/mol. The van der Waals surface area contributed by atoms with Crippen molar-refractivity contribution in [2.75, 3.05) is 6.61 Å². The Balaban J connectivity index is 1.62. The highest BCUT2D eigenvalue weighted by Gasteiger charge is 2.32. The molecule has 1 saturated carbocycles. The highest BCUT2D eigenvalue weighted by molar-refractivity contribution is 9.10. The SMILES string of the molecule is Cc1cc(OCC(=O)N(Cc2ccccc2C)[C@H](Cc2ccccc2)C(=O)NC2CCCCC2)ccc1Br. The topological polar surface area (TPSA) is 58.6 Å². The van der Waals surface area contributed by atoms with Gasteiger partial charge < -0.3 is 15.0 Å². The summed E-state index contributed by atoms with van der Waals surface area (Å²) in [6.45, 7) is 4.21. The van der Waals surface area contributed by atoms with Crippen LogP contribution in [0.15, 0.2) is 77.3 Å². The predicted octanol–water partition coefficient (Wildman–Crippen LogP) is 6.53. The molecular formula is C32H37BrN2O3. The Bertz CT molecular complexity index is 1220. The van der Waals surface area contributed by atoms with Crippen LogP contribution >= 0.6 is 15.9 Å². The van der Waals surface area contributed by atoms with Gasteiger partial charge in [0.1, 0.15) is 11.8 Å². The molecule has 1 N–H and O–H groups in total. The number of ether oxygens (including phenoxy) is 1. The molecule has 5 nitrogen and oxygen atoms in total. The fourth-order valence-electron chi connectivity index (χ4n) is 5.00. The van der Waals surface area contributed by atoms with Crippen molar-refractivity contribution in [1.82, 2.24) is 10.2 Å². The Morgan fingerprint density at radius 3 is 2.37 bits per heavy atom. The van der Waals surface area contributed by atoms with Gasteiger partial charge in [-0.15, -0.1) is 0 Å². The monoisotopic (exact) mass is 576 g/mol. The summed E-state index contributed by atoms with van der Waals surface area (Å²) in [5.74, 6) is 0.317. The molecule has 1 aliphatic rings. The summed E-state index contributed by atoms with van der Waals surface area (Å²) in [6, 6.07) is 23.1. The molecule has 1 atom stereocenters. The maximum Gasteiger partial charge on any atom is 0.261 e. The zero-order valence-corrected chi connectivity index (χ0v) is 23.9. The van der Waals surface area contributed by atoms with E-state index in [1.165, 1.54) is 6.42 Å². The molecule has 0 aromatic heterocycles. The normalized spacial score (nSPS) is 14.5. The van der Waals surface area contributed by atoms with Gasteiger partial charge in [-0.25, -0.2) is 0 Å². The standard InChI is InChI=1S/C32H37BrN2O3/c1-23-11-9-10-14-26(23)21-35(31(36)22-38-28-17-18-29(33)24(2)19-28)30(20-25-12-5-3-6-13-25)32(37)34-27-15-7-4-8-16-27/h3,5-6,9-14,17-19,27,30H,4,7-8,15-16,20-22H2,1-2H3,(H,34,37)/t30-/m1/s1. The number of nitrogens with zero attached hydrogens (tertiary/aromatic N) is 1. The lowest BCUT2D eigenvalue weighted by molar-refractivity contribution is -0.143. The lowest BCUT2D eigenvalue weighted by Crippen LogP contribution is -2.53. The highest BCUT2D eigenvalue weighted by Crippen LogP contribution is 2.23. The van der Waals surface area contributed by atoms with E-state index in [9.17, 15) is 9.59 Å². The number of nitrogens with one attached hydrogen (secondary N) is 1. The summed E-state index contributed by atoms with van der Waals surface area (Å²) in [5, 5.41) is 3.28. The fourth-order valence-corrected chi connectivity index (χ4v) is 5.25. The molecule has 6 heteroatoms. The summed E-state index contributed by atoms with van der Waals surface area (Å²) < 4.78 is 6.92. The molecule has 0 heterocycles. The van der Waals surface area contributed by atoms with E-state index in [1.807, 2.05) is 86.6 Å². The Hall–Kier alpha value is -3.12. The first-order chi connectivity index (χ1) is 18.4. The van der Waals surface area contributed by atoms with E-state index in [2.05, 4.69) is 21.2 Å².